The lowest BCUT2D eigenvalue weighted by molar-refractivity contribution is -0.121. The minimum Gasteiger partial charge on any atom is -0.354 e. The first-order valence-corrected chi connectivity index (χ1v) is 9.91. The molecule has 0 aliphatic carbocycles. The summed E-state index contributed by atoms with van der Waals surface area (Å²) in [5.74, 6) is -0.0596. The third kappa shape index (κ3) is 6.39. The van der Waals surface area contributed by atoms with Gasteiger partial charge in [0.2, 0.25) is 15.9 Å². The predicted molar refractivity (Wildman–Crippen MR) is 95.5 cm³/mol. The molecule has 0 saturated heterocycles. The Labute approximate surface area is 144 Å². The average molecular weight is 361 g/mol. The van der Waals surface area contributed by atoms with Crippen molar-refractivity contribution in [2.45, 2.75) is 46.1 Å². The summed E-state index contributed by atoms with van der Waals surface area (Å²) in [4.78, 5) is 11.8. The van der Waals surface area contributed by atoms with Gasteiger partial charge < -0.3 is 5.32 Å². The molecular weight excluding hydrogens is 336 g/mol. The van der Waals surface area contributed by atoms with E-state index in [1.165, 1.54) is 4.31 Å². The second-order valence-corrected chi connectivity index (χ2v) is 8.09. The third-order valence-corrected chi connectivity index (χ3v) is 5.04. The van der Waals surface area contributed by atoms with Crippen LogP contribution in [0, 0.1) is 6.92 Å². The number of anilines is 1. The van der Waals surface area contributed by atoms with Crippen LogP contribution in [0.2, 0.25) is 5.02 Å². The number of carbonyl (C=O) groups is 1. The molecule has 1 rings (SSSR count). The van der Waals surface area contributed by atoms with Crippen LogP contribution in [0.3, 0.4) is 0 Å². The van der Waals surface area contributed by atoms with E-state index in [0.717, 1.165) is 18.2 Å². The van der Waals surface area contributed by atoms with Gasteiger partial charge in [0.15, 0.2) is 0 Å². The summed E-state index contributed by atoms with van der Waals surface area (Å²) in [5, 5.41) is 3.35. The molecule has 0 saturated carbocycles. The van der Waals surface area contributed by atoms with E-state index in [9.17, 15) is 13.2 Å². The molecule has 1 aromatic rings. The zero-order valence-electron chi connectivity index (χ0n) is 14.1. The van der Waals surface area contributed by atoms with Gasteiger partial charge in [0.05, 0.1) is 11.9 Å². The largest absolute Gasteiger partial charge is 0.354 e. The van der Waals surface area contributed by atoms with Crippen molar-refractivity contribution in [2.75, 3.05) is 17.1 Å². The van der Waals surface area contributed by atoms with Crippen molar-refractivity contribution in [3.63, 3.8) is 0 Å². The summed E-state index contributed by atoms with van der Waals surface area (Å²) in [6.45, 7) is 6.02. The maximum absolute atomic E-state index is 12.1. The van der Waals surface area contributed by atoms with E-state index in [1.807, 2.05) is 20.8 Å². The van der Waals surface area contributed by atoms with E-state index >= 15 is 0 Å². The highest BCUT2D eigenvalue weighted by Crippen LogP contribution is 2.26. The number of hydrogen-bond acceptors (Lipinski definition) is 3. The Morgan fingerprint density at radius 3 is 2.61 bits per heavy atom. The van der Waals surface area contributed by atoms with Gasteiger partial charge in [0, 0.05) is 24.0 Å². The zero-order valence-corrected chi connectivity index (χ0v) is 15.7. The smallest absolute Gasteiger partial charge is 0.232 e. The van der Waals surface area contributed by atoms with E-state index < -0.39 is 10.0 Å². The van der Waals surface area contributed by atoms with Crippen LogP contribution in [-0.4, -0.2) is 33.2 Å². The van der Waals surface area contributed by atoms with Crippen LogP contribution < -0.4 is 9.62 Å². The number of rotatable bonds is 8. The molecule has 1 amide bonds. The summed E-state index contributed by atoms with van der Waals surface area (Å²) in [5.41, 5.74) is 1.38. The van der Waals surface area contributed by atoms with Crippen LogP contribution >= 0.6 is 11.6 Å². The van der Waals surface area contributed by atoms with Gasteiger partial charge in [-0.3, -0.25) is 9.10 Å². The average Bonchev–Trinajstić information content (AvgIpc) is 2.45. The van der Waals surface area contributed by atoms with Crippen LogP contribution in [0.4, 0.5) is 5.69 Å². The second kappa shape index (κ2) is 8.55. The molecule has 1 atom stereocenters. The van der Waals surface area contributed by atoms with Crippen LogP contribution in [0.1, 0.15) is 38.7 Å². The second-order valence-electron chi connectivity index (χ2n) is 5.75. The normalized spacial score (nSPS) is 12.7. The Hall–Kier alpha value is -1.27. The summed E-state index contributed by atoms with van der Waals surface area (Å²) >= 11 is 5.98. The molecule has 0 spiro atoms. The number of halogens is 1. The van der Waals surface area contributed by atoms with Crippen molar-refractivity contribution in [2.24, 2.45) is 0 Å². The summed E-state index contributed by atoms with van der Waals surface area (Å²) in [6.07, 6.45) is 2.76. The fourth-order valence-corrected chi connectivity index (χ4v) is 3.33. The van der Waals surface area contributed by atoms with Crippen LogP contribution in [-0.2, 0) is 14.8 Å². The topological polar surface area (TPSA) is 66.5 Å². The lowest BCUT2D eigenvalue weighted by atomic mass is 10.2. The molecule has 0 aromatic heterocycles. The fourth-order valence-electron chi connectivity index (χ4n) is 2.15. The first kappa shape index (κ1) is 19.8. The molecule has 0 fully saturated rings. The van der Waals surface area contributed by atoms with E-state index in [4.69, 9.17) is 11.6 Å². The van der Waals surface area contributed by atoms with Crippen molar-refractivity contribution < 1.29 is 13.2 Å². The van der Waals surface area contributed by atoms with Gasteiger partial charge in [0.1, 0.15) is 0 Å². The minimum absolute atomic E-state index is 0.0596. The number of aryl methyl sites for hydroxylation is 1. The maximum atomic E-state index is 12.1. The highest BCUT2D eigenvalue weighted by Gasteiger charge is 2.19. The lowest BCUT2D eigenvalue weighted by Crippen LogP contribution is -2.34. The Bertz CT molecular complexity index is 647. The van der Waals surface area contributed by atoms with Gasteiger partial charge in [-0.15, -0.1) is 0 Å². The molecule has 1 unspecified atom stereocenters. The Morgan fingerprint density at radius 2 is 2.04 bits per heavy atom. The standard InChI is InChI=1S/C16H25ClN2O3S/c1-5-13(3)18-16(20)7-6-10-19(23(4,21)22)15-11-14(17)9-8-12(15)2/h8-9,11,13H,5-7,10H2,1-4H3,(H,18,20). The molecule has 5 nitrogen and oxygen atoms in total. The Morgan fingerprint density at radius 1 is 1.39 bits per heavy atom. The quantitative estimate of drug-likeness (QED) is 0.774. The minimum atomic E-state index is -3.44. The monoisotopic (exact) mass is 360 g/mol. The van der Waals surface area contributed by atoms with E-state index in [1.54, 1.807) is 18.2 Å². The van der Waals surface area contributed by atoms with E-state index in [-0.39, 0.29) is 24.9 Å². The molecule has 1 aromatic carbocycles. The number of nitrogens with one attached hydrogen (secondary N) is 1. The highest BCUT2D eigenvalue weighted by atomic mass is 35.5. The van der Waals surface area contributed by atoms with E-state index in [0.29, 0.717) is 17.1 Å². The van der Waals surface area contributed by atoms with Gasteiger partial charge >= 0.3 is 0 Å². The number of benzene rings is 1. The molecule has 1 N–H and O–H groups in total. The molecular formula is C16H25ClN2O3S. The van der Waals surface area contributed by atoms with Gasteiger partial charge in [-0.25, -0.2) is 8.42 Å². The van der Waals surface area contributed by atoms with Crippen molar-refractivity contribution in [1.29, 1.82) is 0 Å². The van der Waals surface area contributed by atoms with Crippen molar-refractivity contribution in [3.05, 3.63) is 28.8 Å². The molecule has 0 aliphatic rings. The first-order chi connectivity index (χ1) is 10.6. The SMILES string of the molecule is CCC(C)NC(=O)CCCN(c1cc(Cl)ccc1C)S(C)(=O)=O. The predicted octanol–water partition coefficient (Wildman–Crippen LogP) is 3.11. The Kier molecular flexibility index (Phi) is 7.35. The first-order valence-electron chi connectivity index (χ1n) is 7.68. The van der Waals surface area contributed by atoms with Crippen LogP contribution in [0.25, 0.3) is 0 Å². The number of hydrogen-bond donors (Lipinski definition) is 1. The van der Waals surface area contributed by atoms with Gasteiger partial charge in [0.25, 0.3) is 0 Å². The molecule has 130 valence electrons. The lowest BCUT2D eigenvalue weighted by Gasteiger charge is -2.24. The van der Waals surface area contributed by atoms with E-state index in [2.05, 4.69) is 5.32 Å². The van der Waals surface area contributed by atoms with Crippen LogP contribution in [0.15, 0.2) is 18.2 Å². The molecule has 0 bridgehead atoms. The fraction of sp³-hybridized carbons (Fsp3) is 0.562. The van der Waals surface area contributed by atoms with Gasteiger partial charge in [-0.1, -0.05) is 24.6 Å². The van der Waals surface area contributed by atoms with Crippen molar-refractivity contribution in [1.82, 2.24) is 5.32 Å². The zero-order chi connectivity index (χ0) is 17.6. The number of sulfonamides is 1. The maximum Gasteiger partial charge on any atom is 0.232 e. The number of carbonyl (C=O) groups excluding carboxylic acids is 1. The van der Waals surface area contributed by atoms with Gasteiger partial charge in [-0.05, 0) is 44.4 Å². The summed E-state index contributed by atoms with van der Waals surface area (Å²) < 4.78 is 25.5. The molecule has 0 heterocycles. The van der Waals surface area contributed by atoms with Crippen LogP contribution in [0.5, 0.6) is 0 Å². The summed E-state index contributed by atoms with van der Waals surface area (Å²) in [6, 6.07) is 5.27. The number of amides is 1. The molecule has 23 heavy (non-hydrogen) atoms. The summed E-state index contributed by atoms with van der Waals surface area (Å²) in [7, 11) is -3.44. The molecule has 0 aliphatic heterocycles. The third-order valence-electron chi connectivity index (χ3n) is 3.63. The number of nitrogens with zero attached hydrogens (tertiary/aromatic N) is 1. The van der Waals surface area contributed by atoms with Gasteiger partial charge in [-0.2, -0.15) is 0 Å². The van der Waals surface area contributed by atoms with Crippen molar-refractivity contribution >= 4 is 33.2 Å². The molecule has 7 heteroatoms. The Balaban J connectivity index is 2.78. The highest BCUT2D eigenvalue weighted by molar-refractivity contribution is 7.92. The van der Waals surface area contributed by atoms with Crippen molar-refractivity contribution in [3.8, 4) is 0 Å². The molecule has 0 radical (unpaired) electrons.